The molecule has 0 bridgehead atoms. The number of hydrogen-bond donors (Lipinski definition) is 0. The molecule has 3 nitrogen and oxygen atoms in total. The smallest absolute Gasteiger partial charge is 0.204 e. The Morgan fingerprint density at radius 2 is 2.00 bits per heavy atom. The average Bonchev–Trinajstić information content (AvgIpc) is 2.35. The van der Waals surface area contributed by atoms with Gasteiger partial charge in [0.25, 0.3) is 0 Å². The predicted molar refractivity (Wildman–Crippen MR) is 61.5 cm³/mol. The van der Waals surface area contributed by atoms with Crippen LogP contribution in [-0.2, 0) is 6.42 Å². The van der Waals surface area contributed by atoms with E-state index in [0.29, 0.717) is 5.56 Å². The number of carbonyl (C=O) groups is 1. The van der Waals surface area contributed by atoms with Crippen molar-refractivity contribution in [2.45, 2.75) is 6.42 Å². The number of halogens is 2. The first-order valence-corrected chi connectivity index (χ1v) is 5.29. The molecule has 0 unspecified atom stereocenters. The molecule has 0 fully saturated rings. The minimum atomic E-state index is -0.536. The quantitative estimate of drug-likeness (QED) is 0.787. The van der Waals surface area contributed by atoms with Crippen LogP contribution >= 0.6 is 11.6 Å². The molecular weight excluding hydrogens is 243 g/mol. The van der Waals surface area contributed by atoms with Gasteiger partial charge < -0.3 is 0 Å². The predicted octanol–water partition coefficient (Wildman–Crippen LogP) is 2.69. The fraction of sp³-hybridized carbons (Fsp3) is 0.0833. The maximum absolute atomic E-state index is 13.2. The molecular formula is C12H8ClFN2O. The molecule has 0 spiro atoms. The Bertz CT molecular complexity index is 545. The van der Waals surface area contributed by atoms with Gasteiger partial charge in [-0.05, 0) is 23.8 Å². The molecule has 0 aliphatic rings. The lowest BCUT2D eigenvalue weighted by molar-refractivity contribution is 0.0983. The molecule has 2 rings (SSSR count). The van der Waals surface area contributed by atoms with Crippen LogP contribution in [0.5, 0.6) is 0 Å². The number of ketones is 1. The van der Waals surface area contributed by atoms with E-state index in [-0.39, 0.29) is 23.1 Å². The first-order valence-electron chi connectivity index (χ1n) is 4.91. The monoisotopic (exact) mass is 250 g/mol. The molecule has 0 radical (unpaired) electrons. The Morgan fingerprint density at radius 1 is 1.29 bits per heavy atom. The summed E-state index contributed by atoms with van der Waals surface area (Å²) in [7, 11) is 0. The van der Waals surface area contributed by atoms with E-state index >= 15 is 0 Å². The lowest BCUT2D eigenvalue weighted by atomic mass is 10.1. The molecule has 1 heterocycles. The van der Waals surface area contributed by atoms with Crippen molar-refractivity contribution in [2.24, 2.45) is 0 Å². The van der Waals surface area contributed by atoms with Gasteiger partial charge in [-0.15, -0.1) is 0 Å². The van der Waals surface area contributed by atoms with Crippen LogP contribution in [0.15, 0.2) is 36.7 Å². The van der Waals surface area contributed by atoms with Gasteiger partial charge in [0, 0.05) is 18.8 Å². The van der Waals surface area contributed by atoms with E-state index in [4.69, 9.17) is 11.6 Å². The van der Waals surface area contributed by atoms with E-state index in [9.17, 15) is 9.18 Å². The standard InChI is InChI=1S/C12H8ClFN2O/c13-9-3-2-8(6-10(9)14)7-11(17)12-15-4-1-5-16-12/h1-6H,7H2. The van der Waals surface area contributed by atoms with E-state index in [1.165, 1.54) is 24.5 Å². The molecule has 1 aromatic heterocycles. The molecule has 0 N–H and O–H groups in total. The second kappa shape index (κ2) is 5.01. The zero-order valence-electron chi connectivity index (χ0n) is 8.73. The van der Waals surface area contributed by atoms with Crippen molar-refractivity contribution in [3.8, 4) is 0 Å². The second-order valence-electron chi connectivity index (χ2n) is 3.42. The van der Waals surface area contributed by atoms with E-state index < -0.39 is 5.82 Å². The minimum absolute atomic E-state index is 0.0390. The third kappa shape index (κ3) is 2.85. The number of nitrogens with zero attached hydrogens (tertiary/aromatic N) is 2. The summed E-state index contributed by atoms with van der Waals surface area (Å²) in [4.78, 5) is 19.4. The largest absolute Gasteiger partial charge is 0.290 e. The molecule has 1 aromatic carbocycles. The molecule has 5 heteroatoms. The van der Waals surface area contributed by atoms with Crippen molar-refractivity contribution in [3.63, 3.8) is 0 Å². The number of benzene rings is 1. The van der Waals surface area contributed by atoms with Gasteiger partial charge in [0.1, 0.15) is 5.82 Å². The fourth-order valence-corrected chi connectivity index (χ4v) is 1.47. The van der Waals surface area contributed by atoms with Crippen molar-refractivity contribution in [3.05, 3.63) is 58.9 Å². The third-order valence-corrected chi connectivity index (χ3v) is 2.47. The summed E-state index contributed by atoms with van der Waals surface area (Å²) < 4.78 is 13.2. The first kappa shape index (κ1) is 11.7. The van der Waals surface area contributed by atoms with Crippen LogP contribution in [-0.4, -0.2) is 15.8 Å². The maximum Gasteiger partial charge on any atom is 0.204 e. The summed E-state index contributed by atoms with van der Waals surface area (Å²) >= 11 is 5.55. The Hall–Kier alpha value is -1.81. The summed E-state index contributed by atoms with van der Waals surface area (Å²) in [5, 5.41) is 0.0390. The molecule has 0 saturated heterocycles. The van der Waals surface area contributed by atoms with E-state index in [1.807, 2.05) is 0 Å². The third-order valence-electron chi connectivity index (χ3n) is 2.16. The van der Waals surface area contributed by atoms with Gasteiger partial charge in [0.2, 0.25) is 5.78 Å². The topological polar surface area (TPSA) is 42.9 Å². The van der Waals surface area contributed by atoms with Gasteiger partial charge >= 0.3 is 0 Å². The number of carbonyl (C=O) groups excluding carboxylic acids is 1. The summed E-state index contributed by atoms with van der Waals surface area (Å²) in [5.41, 5.74) is 0.546. The number of hydrogen-bond acceptors (Lipinski definition) is 3. The molecule has 0 aliphatic heterocycles. The van der Waals surface area contributed by atoms with Gasteiger partial charge in [-0.25, -0.2) is 14.4 Å². The van der Waals surface area contributed by atoms with Crippen molar-refractivity contribution in [1.29, 1.82) is 0 Å². The molecule has 0 saturated carbocycles. The average molecular weight is 251 g/mol. The Labute approximate surface area is 102 Å². The van der Waals surface area contributed by atoms with Crippen LogP contribution in [0.3, 0.4) is 0 Å². The maximum atomic E-state index is 13.2. The van der Waals surface area contributed by atoms with E-state index in [2.05, 4.69) is 9.97 Å². The van der Waals surface area contributed by atoms with Crippen molar-refractivity contribution < 1.29 is 9.18 Å². The fourth-order valence-electron chi connectivity index (χ4n) is 1.36. The van der Waals surface area contributed by atoms with Crippen molar-refractivity contribution >= 4 is 17.4 Å². The SMILES string of the molecule is O=C(Cc1ccc(Cl)c(F)c1)c1ncccn1. The van der Waals surface area contributed by atoms with Crippen LogP contribution < -0.4 is 0 Å². The van der Waals surface area contributed by atoms with Crippen molar-refractivity contribution in [2.75, 3.05) is 0 Å². The molecule has 0 aliphatic carbocycles. The number of aromatic nitrogens is 2. The number of rotatable bonds is 3. The summed E-state index contributed by atoms with van der Waals surface area (Å²) in [6.07, 6.45) is 3.03. The molecule has 2 aromatic rings. The van der Waals surface area contributed by atoms with Gasteiger partial charge in [0.05, 0.1) is 5.02 Å². The minimum Gasteiger partial charge on any atom is -0.290 e. The van der Waals surface area contributed by atoms with Crippen LogP contribution in [0.4, 0.5) is 4.39 Å². The van der Waals surface area contributed by atoms with Gasteiger partial charge in [-0.3, -0.25) is 4.79 Å². The van der Waals surface area contributed by atoms with Crippen LogP contribution in [0.25, 0.3) is 0 Å². The van der Waals surface area contributed by atoms with Gasteiger partial charge in [0.15, 0.2) is 5.82 Å². The lowest BCUT2D eigenvalue weighted by Gasteiger charge is -2.01. The van der Waals surface area contributed by atoms with Crippen LogP contribution in [0.2, 0.25) is 5.02 Å². The summed E-state index contributed by atoms with van der Waals surface area (Å²) in [6, 6.07) is 5.89. The highest BCUT2D eigenvalue weighted by atomic mass is 35.5. The summed E-state index contributed by atoms with van der Waals surface area (Å²) in [6.45, 7) is 0. The van der Waals surface area contributed by atoms with E-state index in [1.54, 1.807) is 12.1 Å². The number of Topliss-reactive ketones (excluding diaryl/α,β-unsaturated/α-hetero) is 1. The normalized spacial score (nSPS) is 10.2. The summed E-state index contributed by atoms with van der Waals surface area (Å²) in [5.74, 6) is -0.666. The zero-order valence-corrected chi connectivity index (χ0v) is 9.49. The van der Waals surface area contributed by atoms with Crippen LogP contribution in [0.1, 0.15) is 16.2 Å². The molecule has 0 amide bonds. The molecule has 86 valence electrons. The molecule has 0 atom stereocenters. The van der Waals surface area contributed by atoms with E-state index in [0.717, 1.165) is 0 Å². The van der Waals surface area contributed by atoms with Gasteiger partial charge in [-0.1, -0.05) is 17.7 Å². The zero-order chi connectivity index (χ0) is 12.3. The van der Waals surface area contributed by atoms with Gasteiger partial charge in [-0.2, -0.15) is 0 Å². The Balaban J connectivity index is 2.16. The lowest BCUT2D eigenvalue weighted by Crippen LogP contribution is -2.08. The highest BCUT2D eigenvalue weighted by Crippen LogP contribution is 2.16. The Kier molecular flexibility index (Phi) is 3.44. The highest BCUT2D eigenvalue weighted by Gasteiger charge is 2.10. The van der Waals surface area contributed by atoms with Crippen molar-refractivity contribution in [1.82, 2.24) is 9.97 Å². The second-order valence-corrected chi connectivity index (χ2v) is 3.83. The Morgan fingerprint density at radius 3 is 2.65 bits per heavy atom. The first-order chi connectivity index (χ1) is 8.16. The van der Waals surface area contributed by atoms with Crippen LogP contribution in [0, 0.1) is 5.82 Å². The molecule has 17 heavy (non-hydrogen) atoms. The highest BCUT2D eigenvalue weighted by molar-refractivity contribution is 6.30.